The van der Waals surface area contributed by atoms with Crippen LogP contribution >= 0.6 is 7.26 Å². The van der Waals surface area contributed by atoms with Crippen LogP contribution in [0.25, 0.3) is 11.1 Å². The summed E-state index contributed by atoms with van der Waals surface area (Å²) >= 11 is 0. The highest BCUT2D eigenvalue weighted by Gasteiger charge is 2.56. The number of hydrogen-bond donors (Lipinski definition) is 1. The molecule has 1 unspecified atom stereocenters. The highest BCUT2D eigenvalue weighted by molar-refractivity contribution is 7.96. The third-order valence-electron chi connectivity index (χ3n) is 7.09. The molecule has 5 aromatic rings. The van der Waals surface area contributed by atoms with E-state index >= 15 is 0 Å². The van der Waals surface area contributed by atoms with Gasteiger partial charge in [0.25, 0.3) is 0 Å². The second-order valence-corrected chi connectivity index (χ2v) is 12.7. The summed E-state index contributed by atoms with van der Waals surface area (Å²) in [6.45, 7) is 1.56. The topological polar surface area (TPSA) is 29.1 Å². The van der Waals surface area contributed by atoms with Crippen LogP contribution in [0.2, 0.25) is 0 Å². The molecule has 0 aromatic heterocycles. The van der Waals surface area contributed by atoms with Gasteiger partial charge in [-0.2, -0.15) is 0 Å². The zero-order valence-electron chi connectivity index (χ0n) is 20.1. The third-order valence-corrected chi connectivity index (χ3v) is 11.8. The molecular weight excluding hydrogens is 457 g/mol. The zero-order chi connectivity index (χ0) is 24.5. The van der Waals surface area contributed by atoms with Crippen LogP contribution in [-0.4, -0.2) is 5.91 Å². The van der Waals surface area contributed by atoms with Gasteiger partial charge >= 0.3 is 0 Å². The molecule has 0 fully saturated rings. The van der Waals surface area contributed by atoms with Crippen LogP contribution in [0.3, 0.4) is 0 Å². The van der Waals surface area contributed by atoms with Gasteiger partial charge in [-0.1, -0.05) is 84.9 Å². The molecule has 2 nitrogen and oxygen atoms in total. The lowest BCUT2D eigenvalue weighted by atomic mass is 10.1. The molecule has 1 N–H and O–H groups in total. The molecule has 0 aliphatic heterocycles. The number of nitrogens with one attached hydrogen (secondary N) is 1. The number of amides is 1. The monoisotopic (exact) mass is 484 g/mol. The van der Waals surface area contributed by atoms with Gasteiger partial charge in [-0.3, -0.25) is 4.79 Å². The minimum atomic E-state index is -2.23. The third kappa shape index (κ3) is 3.58. The summed E-state index contributed by atoms with van der Waals surface area (Å²) in [6.07, 6.45) is 0. The maximum atomic E-state index is 12.0. The van der Waals surface area contributed by atoms with Gasteiger partial charge in [0.15, 0.2) is 0 Å². The Morgan fingerprint density at radius 2 is 1.06 bits per heavy atom. The molecule has 1 atom stereocenters. The summed E-state index contributed by atoms with van der Waals surface area (Å²) in [7, 11) is -2.23. The predicted octanol–water partition coefficient (Wildman–Crippen LogP) is 6.71. The Hall–Kier alpha value is -4.00. The number of fused-ring (bicyclic) bond motifs is 3. The Balaban J connectivity index is 1.75. The van der Waals surface area contributed by atoms with Gasteiger partial charge in [0.05, 0.1) is 0 Å². The summed E-state index contributed by atoms with van der Waals surface area (Å²) in [4.78, 5) is 12.0. The van der Waals surface area contributed by atoms with Crippen molar-refractivity contribution in [2.24, 2.45) is 0 Å². The first-order chi connectivity index (χ1) is 17.7. The lowest BCUT2D eigenvalue weighted by molar-refractivity contribution is -0.114. The van der Waals surface area contributed by atoms with Crippen LogP contribution in [0.5, 0.6) is 0 Å². The maximum Gasteiger partial charge on any atom is 0.221 e. The molecule has 3 heteroatoms. The quantitative estimate of drug-likeness (QED) is 0.276. The highest BCUT2D eigenvalue weighted by atomic mass is 31.2. The van der Waals surface area contributed by atoms with E-state index in [1.807, 2.05) is 6.07 Å². The first-order valence-corrected chi connectivity index (χ1v) is 14.1. The first kappa shape index (κ1) is 22.5. The highest BCUT2D eigenvalue weighted by Crippen LogP contribution is 2.72. The Morgan fingerprint density at radius 3 is 1.58 bits per heavy atom. The summed E-state index contributed by atoms with van der Waals surface area (Å²) in [5, 5.41) is 7.07. The number of hydrogen-bond acceptors (Lipinski definition) is 1. The minimum absolute atomic E-state index is 0.0581. The largest absolute Gasteiger partial charge is 0.326 e. The second kappa shape index (κ2) is 9.22. The fraction of sp³-hybridized carbons (Fsp3) is 0.0606. The fourth-order valence-corrected chi connectivity index (χ4v) is 10.8. The van der Waals surface area contributed by atoms with Gasteiger partial charge in [-0.25, -0.2) is 0 Å². The predicted molar refractivity (Wildman–Crippen MR) is 153 cm³/mol. The normalized spacial score (nSPS) is 14.1. The maximum absolute atomic E-state index is 12.0. The number of carbonyl (C=O) groups is 1. The second-order valence-electron chi connectivity index (χ2n) is 9.20. The Labute approximate surface area is 213 Å². The van der Waals surface area contributed by atoms with E-state index in [2.05, 4.69) is 133 Å². The Bertz CT molecular complexity index is 1430. The smallest absolute Gasteiger partial charge is 0.221 e. The van der Waals surface area contributed by atoms with E-state index in [4.69, 9.17) is 0 Å². The van der Waals surface area contributed by atoms with Crippen LogP contribution in [0.4, 0.5) is 5.69 Å². The lowest BCUT2D eigenvalue weighted by Crippen LogP contribution is -2.35. The molecule has 0 bridgehead atoms. The van der Waals surface area contributed by atoms with Gasteiger partial charge in [-0.15, -0.1) is 0 Å². The summed E-state index contributed by atoms with van der Waals surface area (Å²) < 4.78 is 0. The molecular formula is C33H27NOP+. The summed E-state index contributed by atoms with van der Waals surface area (Å²) in [5.74, 6) is -0.0581. The molecule has 5 aromatic carbocycles. The average molecular weight is 485 g/mol. The zero-order valence-corrected chi connectivity index (χ0v) is 21.0. The number of benzene rings is 5. The van der Waals surface area contributed by atoms with Crippen molar-refractivity contribution in [1.29, 1.82) is 0 Å². The van der Waals surface area contributed by atoms with Gasteiger partial charge in [0.2, 0.25) is 5.91 Å². The number of rotatable bonds is 5. The van der Waals surface area contributed by atoms with Crippen LogP contribution in [0, 0.1) is 0 Å². The van der Waals surface area contributed by atoms with E-state index in [1.165, 1.54) is 38.2 Å². The molecule has 1 aliphatic rings. The van der Waals surface area contributed by atoms with Crippen LogP contribution in [0.1, 0.15) is 23.7 Å². The van der Waals surface area contributed by atoms with Crippen LogP contribution in [0.15, 0.2) is 133 Å². The fourth-order valence-electron chi connectivity index (χ4n) is 5.76. The Kier molecular flexibility index (Phi) is 5.76. The number of carbonyl (C=O) groups excluding carboxylic acids is 1. The van der Waals surface area contributed by atoms with E-state index in [0.29, 0.717) is 0 Å². The van der Waals surface area contributed by atoms with Crippen molar-refractivity contribution in [3.63, 3.8) is 0 Å². The average Bonchev–Trinajstić information content (AvgIpc) is 3.25. The minimum Gasteiger partial charge on any atom is -0.326 e. The molecule has 0 saturated heterocycles. The van der Waals surface area contributed by atoms with E-state index < -0.39 is 7.26 Å². The van der Waals surface area contributed by atoms with Gasteiger partial charge in [0.1, 0.15) is 28.8 Å². The van der Waals surface area contributed by atoms with Crippen molar-refractivity contribution in [1.82, 2.24) is 0 Å². The SMILES string of the molecule is CC(=O)Nc1ccc2c(c1)C([P+](c1ccccc1)(c1ccccc1)c1ccccc1)c1ccccc1-2. The molecule has 0 heterocycles. The summed E-state index contributed by atoms with van der Waals surface area (Å²) in [6, 6.07) is 48.2. The van der Waals surface area contributed by atoms with E-state index in [9.17, 15) is 4.79 Å². The van der Waals surface area contributed by atoms with Crippen molar-refractivity contribution in [3.05, 3.63) is 145 Å². The van der Waals surface area contributed by atoms with Crippen molar-refractivity contribution in [2.45, 2.75) is 12.6 Å². The number of anilines is 1. The summed E-state index contributed by atoms with van der Waals surface area (Å²) in [5.41, 5.74) is 6.09. The van der Waals surface area contributed by atoms with E-state index in [1.54, 1.807) is 6.92 Å². The first-order valence-electron chi connectivity index (χ1n) is 12.3. The van der Waals surface area contributed by atoms with E-state index in [0.717, 1.165) is 5.69 Å². The van der Waals surface area contributed by atoms with Gasteiger partial charge < -0.3 is 5.32 Å². The molecule has 174 valence electrons. The Morgan fingerprint density at radius 1 is 0.583 bits per heavy atom. The van der Waals surface area contributed by atoms with Crippen LogP contribution in [-0.2, 0) is 4.79 Å². The molecule has 0 radical (unpaired) electrons. The molecule has 36 heavy (non-hydrogen) atoms. The molecule has 1 amide bonds. The van der Waals surface area contributed by atoms with Crippen molar-refractivity contribution in [3.8, 4) is 11.1 Å². The molecule has 0 saturated carbocycles. The molecule has 1 aliphatic carbocycles. The lowest BCUT2D eigenvalue weighted by Gasteiger charge is -2.34. The van der Waals surface area contributed by atoms with E-state index in [-0.39, 0.29) is 11.6 Å². The van der Waals surface area contributed by atoms with Gasteiger partial charge in [-0.05, 0) is 59.7 Å². The van der Waals surface area contributed by atoms with Crippen LogP contribution < -0.4 is 21.2 Å². The molecule has 6 rings (SSSR count). The van der Waals surface area contributed by atoms with Crippen molar-refractivity contribution < 1.29 is 4.79 Å². The molecule has 0 spiro atoms. The van der Waals surface area contributed by atoms with Crippen molar-refractivity contribution >= 4 is 34.8 Å². The van der Waals surface area contributed by atoms with Gasteiger partial charge in [0, 0.05) is 23.7 Å². The van der Waals surface area contributed by atoms with Crippen molar-refractivity contribution in [2.75, 3.05) is 5.32 Å². The standard InChI is InChI=1S/C33H26NOP/c1-24(35)34-25-21-22-30-29-19-11-12-20-31(29)33(32(30)23-25)36(26-13-5-2-6-14-26,27-15-7-3-8-16-27)28-17-9-4-10-18-28/h2-23,33H,1H3/p+1.